The number of sulfonamides is 1. The molecule has 0 radical (unpaired) electrons. The van der Waals surface area contributed by atoms with E-state index in [0.29, 0.717) is 50.8 Å². The van der Waals surface area contributed by atoms with Crippen molar-refractivity contribution in [2.45, 2.75) is 17.9 Å². The number of hydrogen-bond donors (Lipinski definition) is 2. The molecule has 2 N–H and O–H groups in total. The maximum absolute atomic E-state index is 12.7. The molecular weight excluding hydrogens is 434 g/mol. The average molecular weight is 464 g/mol. The van der Waals surface area contributed by atoms with Crippen LogP contribution in [-0.4, -0.2) is 65.8 Å². The van der Waals surface area contributed by atoms with E-state index in [2.05, 4.69) is 10.6 Å². The Bertz CT molecular complexity index is 1000. The highest BCUT2D eigenvalue weighted by atomic mass is 32.2. The van der Waals surface area contributed by atoms with Gasteiger partial charge < -0.3 is 24.8 Å². The van der Waals surface area contributed by atoms with Gasteiger partial charge in [-0.05, 0) is 35.7 Å². The number of benzene rings is 2. The molecule has 2 aromatic carbocycles. The molecule has 0 saturated carbocycles. The summed E-state index contributed by atoms with van der Waals surface area (Å²) in [6.07, 6.45) is 0.606. The van der Waals surface area contributed by atoms with E-state index in [1.807, 2.05) is 12.1 Å². The van der Waals surface area contributed by atoms with Gasteiger partial charge in [0.15, 0.2) is 0 Å². The molecule has 0 bridgehead atoms. The fourth-order valence-corrected chi connectivity index (χ4v) is 4.74. The molecule has 1 aliphatic heterocycles. The summed E-state index contributed by atoms with van der Waals surface area (Å²) in [5.74, 6) is 1.42. The van der Waals surface area contributed by atoms with Gasteiger partial charge in [0.25, 0.3) is 0 Å². The SMILES string of the molecule is COc1ccc(CCNC(=O)NCc2ccc(S(=O)(=O)N3CCOCC3)cc2)c(OC)c1. The molecule has 32 heavy (non-hydrogen) atoms. The monoisotopic (exact) mass is 463 g/mol. The van der Waals surface area contributed by atoms with Crippen molar-refractivity contribution in [1.82, 2.24) is 14.9 Å². The Balaban J connectivity index is 1.46. The van der Waals surface area contributed by atoms with Crippen molar-refractivity contribution >= 4 is 16.1 Å². The third kappa shape index (κ3) is 6.12. The molecule has 0 atom stereocenters. The first kappa shape index (κ1) is 23.8. The van der Waals surface area contributed by atoms with E-state index in [9.17, 15) is 13.2 Å². The van der Waals surface area contributed by atoms with Gasteiger partial charge in [-0.15, -0.1) is 0 Å². The van der Waals surface area contributed by atoms with Crippen LogP contribution in [-0.2, 0) is 27.7 Å². The molecular formula is C22H29N3O6S. The van der Waals surface area contributed by atoms with Crippen molar-refractivity contribution in [3.05, 3.63) is 53.6 Å². The normalized spacial score (nSPS) is 14.6. The maximum Gasteiger partial charge on any atom is 0.315 e. The number of nitrogens with one attached hydrogen (secondary N) is 2. The molecule has 10 heteroatoms. The van der Waals surface area contributed by atoms with E-state index < -0.39 is 10.0 Å². The highest BCUT2D eigenvalue weighted by molar-refractivity contribution is 7.89. The van der Waals surface area contributed by atoms with Crippen LogP contribution in [0.15, 0.2) is 47.4 Å². The van der Waals surface area contributed by atoms with Crippen LogP contribution < -0.4 is 20.1 Å². The zero-order valence-electron chi connectivity index (χ0n) is 18.3. The smallest absolute Gasteiger partial charge is 0.315 e. The molecule has 174 valence electrons. The molecule has 2 amide bonds. The van der Waals surface area contributed by atoms with Crippen molar-refractivity contribution in [2.75, 3.05) is 47.1 Å². The summed E-state index contributed by atoms with van der Waals surface area (Å²) < 4.78 is 42.5. The Kier molecular flexibility index (Phi) is 8.32. The van der Waals surface area contributed by atoms with Gasteiger partial charge in [-0.25, -0.2) is 13.2 Å². The molecule has 1 heterocycles. The number of hydrogen-bond acceptors (Lipinski definition) is 6. The predicted molar refractivity (Wildman–Crippen MR) is 120 cm³/mol. The summed E-state index contributed by atoms with van der Waals surface area (Å²) in [5, 5.41) is 5.58. The molecule has 3 rings (SSSR count). The lowest BCUT2D eigenvalue weighted by Gasteiger charge is -2.26. The fraction of sp³-hybridized carbons (Fsp3) is 0.409. The molecule has 1 aliphatic rings. The lowest BCUT2D eigenvalue weighted by molar-refractivity contribution is 0.0730. The third-order valence-electron chi connectivity index (χ3n) is 5.16. The largest absolute Gasteiger partial charge is 0.497 e. The maximum atomic E-state index is 12.7. The first-order valence-electron chi connectivity index (χ1n) is 10.3. The number of rotatable bonds is 9. The van der Waals surface area contributed by atoms with Gasteiger partial charge in [-0.2, -0.15) is 4.31 Å². The topological polar surface area (TPSA) is 106 Å². The van der Waals surface area contributed by atoms with E-state index >= 15 is 0 Å². The van der Waals surface area contributed by atoms with Crippen LogP contribution in [0.1, 0.15) is 11.1 Å². The summed E-state index contributed by atoms with van der Waals surface area (Å²) in [4.78, 5) is 12.3. The van der Waals surface area contributed by atoms with Crippen LogP contribution in [0.2, 0.25) is 0 Å². The summed E-state index contributed by atoms with van der Waals surface area (Å²) in [6, 6.07) is 11.8. The number of carbonyl (C=O) groups excluding carboxylic acids is 1. The average Bonchev–Trinajstić information content (AvgIpc) is 2.83. The number of morpholine rings is 1. The van der Waals surface area contributed by atoms with Gasteiger partial charge in [0.2, 0.25) is 10.0 Å². The van der Waals surface area contributed by atoms with Crippen molar-refractivity contribution in [2.24, 2.45) is 0 Å². The second kappa shape index (κ2) is 11.2. The standard InChI is InChI=1S/C22H29N3O6S/c1-29-19-6-5-18(21(15-19)30-2)9-10-23-22(26)24-16-17-3-7-20(8-4-17)32(27,28)25-11-13-31-14-12-25/h3-8,15H,9-14,16H2,1-2H3,(H2,23,24,26). The summed E-state index contributed by atoms with van der Waals surface area (Å²) in [7, 11) is -0.336. The van der Waals surface area contributed by atoms with Crippen molar-refractivity contribution < 1.29 is 27.4 Å². The minimum absolute atomic E-state index is 0.237. The zero-order valence-corrected chi connectivity index (χ0v) is 19.1. The third-order valence-corrected chi connectivity index (χ3v) is 7.07. The van der Waals surface area contributed by atoms with Gasteiger partial charge in [0.1, 0.15) is 11.5 Å². The van der Waals surface area contributed by atoms with Crippen LogP contribution in [0.4, 0.5) is 4.79 Å². The Morgan fingerprint density at radius 2 is 1.75 bits per heavy atom. The van der Waals surface area contributed by atoms with E-state index in [0.717, 1.165) is 11.1 Å². The summed E-state index contributed by atoms with van der Waals surface area (Å²) >= 11 is 0. The van der Waals surface area contributed by atoms with Crippen LogP contribution in [0, 0.1) is 0 Å². The number of carbonyl (C=O) groups is 1. The Hall–Kier alpha value is -2.82. The van der Waals surface area contributed by atoms with Gasteiger partial charge in [0.05, 0.1) is 32.3 Å². The van der Waals surface area contributed by atoms with Crippen LogP contribution in [0.25, 0.3) is 0 Å². The molecule has 0 spiro atoms. The molecule has 1 fully saturated rings. The van der Waals surface area contributed by atoms with Gasteiger partial charge in [-0.1, -0.05) is 18.2 Å². The molecule has 2 aromatic rings. The van der Waals surface area contributed by atoms with E-state index in [4.69, 9.17) is 14.2 Å². The number of urea groups is 1. The van der Waals surface area contributed by atoms with Gasteiger partial charge >= 0.3 is 6.03 Å². The first-order valence-corrected chi connectivity index (χ1v) is 11.8. The summed E-state index contributed by atoms with van der Waals surface area (Å²) in [5.41, 5.74) is 1.77. The Morgan fingerprint density at radius 3 is 2.41 bits per heavy atom. The lowest BCUT2D eigenvalue weighted by atomic mass is 10.1. The van der Waals surface area contributed by atoms with Crippen molar-refractivity contribution in [3.8, 4) is 11.5 Å². The van der Waals surface area contributed by atoms with Crippen LogP contribution >= 0.6 is 0 Å². The van der Waals surface area contributed by atoms with Gasteiger partial charge in [0, 0.05) is 32.2 Å². The van der Waals surface area contributed by atoms with E-state index in [1.54, 1.807) is 44.6 Å². The van der Waals surface area contributed by atoms with Crippen molar-refractivity contribution in [1.29, 1.82) is 0 Å². The molecule has 0 unspecified atom stereocenters. The van der Waals surface area contributed by atoms with E-state index in [1.165, 1.54) is 4.31 Å². The first-order chi connectivity index (χ1) is 15.4. The second-order valence-electron chi connectivity index (χ2n) is 7.20. The number of methoxy groups -OCH3 is 2. The lowest BCUT2D eigenvalue weighted by Crippen LogP contribution is -2.40. The molecule has 0 aliphatic carbocycles. The number of amides is 2. The van der Waals surface area contributed by atoms with Crippen LogP contribution in [0.5, 0.6) is 11.5 Å². The molecule has 9 nitrogen and oxygen atoms in total. The Morgan fingerprint density at radius 1 is 1.03 bits per heavy atom. The van der Waals surface area contributed by atoms with E-state index in [-0.39, 0.29) is 17.5 Å². The highest BCUT2D eigenvalue weighted by Gasteiger charge is 2.26. The number of nitrogens with zero attached hydrogens (tertiary/aromatic N) is 1. The summed E-state index contributed by atoms with van der Waals surface area (Å²) in [6.45, 7) is 2.24. The predicted octanol–water partition coefficient (Wildman–Crippen LogP) is 1.77. The zero-order chi connectivity index (χ0) is 23.0. The number of ether oxygens (including phenoxy) is 3. The quantitative estimate of drug-likeness (QED) is 0.587. The van der Waals surface area contributed by atoms with Crippen LogP contribution in [0.3, 0.4) is 0 Å². The highest BCUT2D eigenvalue weighted by Crippen LogP contribution is 2.24. The molecule has 0 aromatic heterocycles. The fourth-order valence-electron chi connectivity index (χ4n) is 3.33. The second-order valence-corrected chi connectivity index (χ2v) is 9.14. The van der Waals surface area contributed by atoms with Crippen molar-refractivity contribution in [3.63, 3.8) is 0 Å². The minimum Gasteiger partial charge on any atom is -0.497 e. The van der Waals surface area contributed by atoms with Gasteiger partial charge in [-0.3, -0.25) is 0 Å². The minimum atomic E-state index is -3.52. The Labute approximate surface area is 188 Å². The molecule has 1 saturated heterocycles.